The lowest BCUT2D eigenvalue weighted by Crippen LogP contribution is -2.47. The molecule has 4 aromatic heterocycles. The highest BCUT2D eigenvalue weighted by atomic mass is 31.3. The maximum Gasteiger partial charge on any atom is 0.478 e. The number of methoxy groups -OCH3 is 1. The van der Waals surface area contributed by atoms with Crippen LogP contribution in [0.25, 0.3) is 22.3 Å². The third-order valence-electron chi connectivity index (χ3n) is 8.34. The molecule has 0 aromatic carbocycles. The molecule has 30 nitrogen and oxygen atoms in total. The van der Waals surface area contributed by atoms with E-state index >= 15 is 0 Å². The summed E-state index contributed by atoms with van der Waals surface area (Å²) in [6, 6.07) is 0. The number of rotatable bonds is 15. The van der Waals surface area contributed by atoms with Gasteiger partial charge in [0.05, 0.1) is 26.6 Å². The maximum atomic E-state index is 12.7. The summed E-state index contributed by atoms with van der Waals surface area (Å²) in [5.41, 5.74) is 9.51. The van der Waals surface area contributed by atoms with E-state index < -0.39 is 110 Å². The molecule has 0 aliphatic carbocycles. The van der Waals surface area contributed by atoms with E-state index in [0.717, 1.165) is 10.9 Å². The highest BCUT2D eigenvalue weighted by molar-refractivity contribution is 7.75. The molecular formula is C23H34N10O20P4. The van der Waals surface area contributed by atoms with Gasteiger partial charge >= 0.3 is 28.7 Å². The summed E-state index contributed by atoms with van der Waals surface area (Å²) in [7, 11) is -20.6. The van der Waals surface area contributed by atoms with E-state index in [1.165, 1.54) is 29.6 Å². The number of aliphatic hydroxyl groups is 3. The fraction of sp³-hybridized carbons (Fsp3) is 0.565. The van der Waals surface area contributed by atoms with Crippen molar-refractivity contribution in [1.82, 2.24) is 34.1 Å². The van der Waals surface area contributed by atoms with Gasteiger partial charge in [-0.05, 0) is 0 Å². The second-order valence-corrected chi connectivity index (χ2v) is 19.8. The molecule has 0 bridgehead atoms. The largest absolute Gasteiger partial charge is 0.756 e. The highest BCUT2D eigenvalue weighted by Crippen LogP contribution is 2.69. The monoisotopic (exact) mass is 894 g/mol. The molecule has 2 aliphatic rings. The van der Waals surface area contributed by atoms with Crippen molar-refractivity contribution >= 4 is 65.1 Å². The number of H-pyrrole nitrogens is 2. The number of aromatic nitrogens is 8. The van der Waals surface area contributed by atoms with Crippen LogP contribution in [0.4, 0.5) is 11.9 Å². The Kier molecular flexibility index (Phi) is 11.9. The summed E-state index contributed by atoms with van der Waals surface area (Å²) in [5, 5.41) is 31.8. The summed E-state index contributed by atoms with van der Waals surface area (Å²) < 4.78 is 87.6. The van der Waals surface area contributed by atoms with Gasteiger partial charge < -0.3 is 65.1 Å². The Morgan fingerprint density at radius 1 is 0.912 bits per heavy atom. The molecule has 12 N–H and O–H groups in total. The minimum atomic E-state index is -6.35. The molecule has 4 unspecified atom stereocenters. The van der Waals surface area contributed by atoms with Crippen molar-refractivity contribution in [2.24, 2.45) is 7.05 Å². The molecule has 2 aliphatic heterocycles. The Hall–Kier alpha value is -3.34. The molecule has 12 atom stereocenters. The van der Waals surface area contributed by atoms with Crippen LogP contribution >= 0.6 is 30.8 Å². The lowest BCUT2D eigenvalue weighted by atomic mass is 10.1. The number of anilines is 2. The number of nitrogens with two attached hydrogens (primary N) is 2. The Balaban J connectivity index is 1.04. The predicted molar refractivity (Wildman–Crippen MR) is 181 cm³/mol. The first kappa shape index (κ1) is 43.2. The van der Waals surface area contributed by atoms with Crippen LogP contribution in [0.5, 0.6) is 0 Å². The van der Waals surface area contributed by atoms with Gasteiger partial charge in [-0.3, -0.25) is 46.9 Å². The number of hydrogen-bond donors (Lipinski definition) is 10. The number of nitrogens with one attached hydrogen (secondary N) is 2. The van der Waals surface area contributed by atoms with Gasteiger partial charge in [-0.15, -0.1) is 0 Å². The molecule has 2 fully saturated rings. The minimum Gasteiger partial charge on any atom is -0.756 e. The Morgan fingerprint density at radius 3 is 2.23 bits per heavy atom. The molecule has 4 aromatic rings. The summed E-state index contributed by atoms with van der Waals surface area (Å²) >= 11 is 0. The van der Waals surface area contributed by atoms with E-state index in [4.69, 9.17) is 30.2 Å². The van der Waals surface area contributed by atoms with Crippen molar-refractivity contribution in [1.29, 1.82) is 0 Å². The molecule has 57 heavy (non-hydrogen) atoms. The van der Waals surface area contributed by atoms with E-state index in [-0.39, 0.29) is 34.2 Å². The van der Waals surface area contributed by atoms with Crippen molar-refractivity contribution in [2.45, 2.75) is 49.1 Å². The second kappa shape index (κ2) is 15.7. The smallest absolute Gasteiger partial charge is 0.478 e. The number of nitrogen functional groups attached to an aromatic ring is 2. The first-order chi connectivity index (χ1) is 26.4. The second-order valence-electron chi connectivity index (χ2n) is 12.4. The van der Waals surface area contributed by atoms with Crippen LogP contribution < -0.4 is 32.0 Å². The van der Waals surface area contributed by atoms with Crippen LogP contribution in [0.2, 0.25) is 0 Å². The summed E-state index contributed by atoms with van der Waals surface area (Å²) in [4.78, 5) is 83.6. The van der Waals surface area contributed by atoms with Gasteiger partial charge in [0.1, 0.15) is 36.6 Å². The average molecular weight is 894 g/mol. The lowest BCUT2D eigenvalue weighted by molar-refractivity contribution is -0.746. The number of hydrogen-bond acceptors (Lipinski definition) is 22. The SMILES string of the molecule is CO[C@@H]1[C@H](O)[C@@H](COP(=O)(O)OP(=O)([O-])OP(=O)(O)CP(=O)(O)OC[C@H]2O[C@@H](n3cnc4c(=O)[nH]c(N)nc43)[C@H](O)[C@@H]2O)O[C@H]1[n+]1cn(C)c2c(=O)[nH]c(N)nc21. The van der Waals surface area contributed by atoms with Gasteiger partial charge in [0.25, 0.3) is 24.9 Å². The van der Waals surface area contributed by atoms with Gasteiger partial charge in [-0.2, -0.15) is 4.98 Å². The van der Waals surface area contributed by atoms with E-state index in [9.17, 15) is 62.7 Å². The van der Waals surface area contributed by atoms with Crippen molar-refractivity contribution in [3.05, 3.63) is 33.4 Å². The van der Waals surface area contributed by atoms with Crippen molar-refractivity contribution in [3.63, 3.8) is 0 Å². The Morgan fingerprint density at radius 2 is 1.54 bits per heavy atom. The number of aryl methyl sites for hydroxylation is 1. The highest BCUT2D eigenvalue weighted by Gasteiger charge is 2.50. The van der Waals surface area contributed by atoms with Crippen LogP contribution in [-0.2, 0) is 57.2 Å². The zero-order valence-corrected chi connectivity index (χ0v) is 32.5. The van der Waals surface area contributed by atoms with Crippen molar-refractivity contribution < 1.29 is 89.6 Å². The number of imidazole rings is 2. The Labute approximate surface area is 315 Å². The third kappa shape index (κ3) is 9.13. The molecule has 316 valence electrons. The average Bonchev–Trinajstić information content (AvgIpc) is 3.80. The standard InChI is InChI=1S/C23H34N10O20P4/c1-31-6-33(17-11(31)19(38)30-23(25)28-17)21-15(47-2)13(35)9(51-21)4-49-56(43,44)53-57(45,46)52-55(41,42)7-54(39,40)48-3-8-12(34)14(36)20(50-8)32-5-26-10-16(32)27-22(24)29-18(10)37/h5-6,8-9,12-15,20-21,34-36H,3-4,7H2,1-2H3,(H9-,24,25,27,28,29,30,37,38,39,40,41,42,43,44,45,46)/t8-,9-,12-,13-,14-,15-,20-,21-/m1/s1. The summed E-state index contributed by atoms with van der Waals surface area (Å²) in [5.74, 6) is -2.54. The molecule has 0 radical (unpaired) electrons. The Bertz CT molecular complexity index is 2490. The van der Waals surface area contributed by atoms with Crippen LogP contribution in [-0.4, -0.2) is 127 Å². The fourth-order valence-corrected chi connectivity index (χ4v) is 12.3. The van der Waals surface area contributed by atoms with Crippen molar-refractivity contribution in [2.75, 3.05) is 37.7 Å². The molecule has 6 heterocycles. The molecule has 6 rings (SSSR count). The molecule has 0 saturated carbocycles. The van der Waals surface area contributed by atoms with Gasteiger partial charge in [0.15, 0.2) is 29.6 Å². The van der Waals surface area contributed by atoms with Gasteiger partial charge in [0.2, 0.25) is 17.7 Å². The molecule has 0 spiro atoms. The van der Waals surface area contributed by atoms with E-state index in [0.29, 0.717) is 0 Å². The zero-order chi connectivity index (χ0) is 42.0. The third-order valence-corrected chi connectivity index (χ3v) is 15.7. The summed E-state index contributed by atoms with van der Waals surface area (Å²) in [6.07, 6.45) is -10.0. The minimum absolute atomic E-state index is 0.00779. The topological polar surface area (TPSA) is 447 Å². The zero-order valence-electron chi connectivity index (χ0n) is 28.9. The lowest BCUT2D eigenvalue weighted by Gasteiger charge is -2.27. The summed E-state index contributed by atoms with van der Waals surface area (Å²) in [6.45, 7) is -2.13. The van der Waals surface area contributed by atoms with Gasteiger partial charge in [-0.1, -0.05) is 4.98 Å². The predicted octanol–water partition coefficient (Wildman–Crippen LogP) is -4.30. The normalized spacial score (nSPS) is 29.6. The first-order valence-corrected chi connectivity index (χ1v) is 22.2. The van der Waals surface area contributed by atoms with Crippen LogP contribution in [0.15, 0.2) is 22.2 Å². The number of aliphatic hydroxyl groups excluding tert-OH is 3. The number of nitrogens with zero attached hydrogens (tertiary/aromatic N) is 6. The van der Waals surface area contributed by atoms with Crippen LogP contribution in [0.3, 0.4) is 0 Å². The van der Waals surface area contributed by atoms with E-state index in [1.807, 2.05) is 0 Å². The number of phosphoric ester groups is 1. The number of phosphoric acid groups is 2. The van der Waals surface area contributed by atoms with Crippen LogP contribution in [0, 0.1) is 0 Å². The van der Waals surface area contributed by atoms with Crippen molar-refractivity contribution in [3.8, 4) is 0 Å². The number of aromatic amines is 2. The first-order valence-electron chi connectivity index (χ1n) is 15.8. The van der Waals surface area contributed by atoms with Gasteiger partial charge in [0, 0.05) is 7.11 Å². The molecule has 0 amide bonds. The van der Waals surface area contributed by atoms with Gasteiger partial charge in [-0.25, -0.2) is 22.7 Å². The fourth-order valence-electron chi connectivity index (χ4n) is 5.99. The number of fused-ring (bicyclic) bond motifs is 2. The molecule has 2 saturated heterocycles. The maximum absolute atomic E-state index is 12.7. The number of ether oxygens (including phenoxy) is 3. The quantitative estimate of drug-likeness (QED) is 0.0399. The molecule has 34 heteroatoms. The van der Waals surface area contributed by atoms with E-state index in [1.54, 1.807) is 0 Å². The molecular weight excluding hydrogens is 860 g/mol. The van der Waals surface area contributed by atoms with E-state index in [2.05, 4.69) is 38.1 Å². The van der Waals surface area contributed by atoms with Crippen LogP contribution in [0.1, 0.15) is 12.5 Å².